The van der Waals surface area contributed by atoms with Gasteiger partial charge in [-0.2, -0.15) is 0 Å². The van der Waals surface area contributed by atoms with Gasteiger partial charge in [-0.05, 0) is 43.9 Å². The van der Waals surface area contributed by atoms with Crippen molar-refractivity contribution < 1.29 is 0 Å². The topological polar surface area (TPSA) is 59.7 Å². The first kappa shape index (κ1) is 17.1. The zero-order valence-electron chi connectivity index (χ0n) is 15.3. The van der Waals surface area contributed by atoms with Gasteiger partial charge in [0.2, 0.25) is 0 Å². The molecule has 7 heteroatoms. The minimum atomic E-state index is 0.412. The molecule has 2 aromatic heterocycles. The molecule has 4 heterocycles. The molecule has 140 valence electrons. The van der Waals surface area contributed by atoms with Crippen LogP contribution in [0.25, 0.3) is 10.9 Å². The van der Waals surface area contributed by atoms with E-state index >= 15 is 0 Å². The molecule has 0 radical (unpaired) electrons. The molecular formula is C20H23BrN6. The Hall–Kier alpha value is -2.02. The van der Waals surface area contributed by atoms with E-state index in [4.69, 9.17) is 0 Å². The van der Waals surface area contributed by atoms with Crippen LogP contribution >= 0.6 is 15.9 Å². The van der Waals surface area contributed by atoms with Gasteiger partial charge in [-0.3, -0.25) is 0 Å². The molecule has 3 aromatic rings. The molecular weight excluding hydrogens is 404 g/mol. The molecule has 1 aromatic carbocycles. The Morgan fingerprint density at radius 2 is 1.96 bits per heavy atom. The van der Waals surface area contributed by atoms with Crippen LogP contribution in [-0.4, -0.2) is 37.8 Å². The highest BCUT2D eigenvalue weighted by Gasteiger charge is 2.28. The van der Waals surface area contributed by atoms with Crippen LogP contribution in [0.3, 0.4) is 0 Å². The number of hydrogen-bond donors (Lipinski definition) is 0. The highest BCUT2D eigenvalue weighted by Crippen LogP contribution is 2.33. The molecule has 0 spiro atoms. The number of hydrogen-bond acceptors (Lipinski definition) is 5. The number of rotatable bonds is 2. The molecule has 0 N–H and O–H groups in total. The first-order valence-electron chi connectivity index (χ1n) is 9.87. The largest absolute Gasteiger partial charge is 0.355 e. The van der Waals surface area contributed by atoms with Gasteiger partial charge in [-0.1, -0.05) is 22.4 Å². The predicted molar refractivity (Wildman–Crippen MR) is 109 cm³/mol. The Labute approximate surface area is 167 Å². The normalized spacial score (nSPS) is 20.5. The van der Waals surface area contributed by atoms with Crippen LogP contribution in [0.1, 0.15) is 49.7 Å². The first-order valence-corrected chi connectivity index (χ1v) is 10.7. The van der Waals surface area contributed by atoms with Gasteiger partial charge < -0.3 is 9.47 Å². The van der Waals surface area contributed by atoms with Crippen molar-refractivity contribution >= 4 is 32.7 Å². The second-order valence-electron chi connectivity index (χ2n) is 7.58. The maximum Gasteiger partial charge on any atom is 0.139 e. The Morgan fingerprint density at radius 1 is 1.00 bits per heavy atom. The number of benzene rings is 1. The zero-order chi connectivity index (χ0) is 18.2. The fourth-order valence-corrected chi connectivity index (χ4v) is 4.82. The van der Waals surface area contributed by atoms with Gasteiger partial charge in [0.25, 0.3) is 0 Å². The minimum absolute atomic E-state index is 0.412. The van der Waals surface area contributed by atoms with Crippen LogP contribution < -0.4 is 4.90 Å². The third-order valence-electron chi connectivity index (χ3n) is 5.80. The Balaban J connectivity index is 1.47. The van der Waals surface area contributed by atoms with Crippen LogP contribution in [0.15, 0.2) is 29.0 Å². The lowest BCUT2D eigenvalue weighted by Gasteiger charge is -2.33. The van der Waals surface area contributed by atoms with Crippen LogP contribution in [0.5, 0.6) is 0 Å². The van der Waals surface area contributed by atoms with E-state index in [-0.39, 0.29) is 0 Å². The van der Waals surface area contributed by atoms with Crippen LogP contribution in [-0.2, 0) is 13.0 Å². The van der Waals surface area contributed by atoms with E-state index in [1.165, 1.54) is 37.3 Å². The molecule has 5 rings (SSSR count). The van der Waals surface area contributed by atoms with Crippen molar-refractivity contribution in [1.82, 2.24) is 24.7 Å². The molecule has 2 aliphatic rings. The summed E-state index contributed by atoms with van der Waals surface area (Å²) in [5.41, 5.74) is 0.988. The summed E-state index contributed by atoms with van der Waals surface area (Å²) in [6, 6.07) is 6.20. The summed E-state index contributed by atoms with van der Waals surface area (Å²) in [5, 5.41) is 10.2. The lowest BCUT2D eigenvalue weighted by Crippen LogP contribution is -2.36. The van der Waals surface area contributed by atoms with Gasteiger partial charge in [-0.15, -0.1) is 10.2 Å². The highest BCUT2D eigenvalue weighted by atomic mass is 79.9. The quantitative estimate of drug-likeness (QED) is 0.617. The van der Waals surface area contributed by atoms with E-state index < -0.39 is 0 Å². The number of halogens is 1. The van der Waals surface area contributed by atoms with Gasteiger partial charge in [0.1, 0.15) is 23.8 Å². The number of piperidine rings is 1. The molecule has 1 saturated heterocycles. The minimum Gasteiger partial charge on any atom is -0.355 e. The smallest absolute Gasteiger partial charge is 0.139 e. The van der Waals surface area contributed by atoms with Crippen molar-refractivity contribution in [3.8, 4) is 0 Å². The van der Waals surface area contributed by atoms with Crippen molar-refractivity contribution in [3.05, 3.63) is 40.6 Å². The third-order valence-corrected chi connectivity index (χ3v) is 6.29. The van der Waals surface area contributed by atoms with E-state index in [1.54, 1.807) is 6.33 Å². The molecule has 0 amide bonds. The van der Waals surface area contributed by atoms with Crippen molar-refractivity contribution in [2.75, 3.05) is 18.0 Å². The molecule has 27 heavy (non-hydrogen) atoms. The van der Waals surface area contributed by atoms with Crippen molar-refractivity contribution in [3.63, 3.8) is 0 Å². The lowest BCUT2D eigenvalue weighted by atomic mass is 9.96. The average molecular weight is 427 g/mol. The molecule has 0 aliphatic carbocycles. The third kappa shape index (κ3) is 3.22. The standard InChI is InChI=1S/C20H23BrN6/c21-15-7-8-17-16(11-15)20(23-13-22-17)26-9-4-5-14(12-26)19-25-24-18-6-2-1-3-10-27(18)19/h7-8,11,13-14H,1-6,9-10,12H2. The van der Waals surface area contributed by atoms with Gasteiger partial charge in [0.05, 0.1) is 5.52 Å². The van der Waals surface area contributed by atoms with E-state index in [2.05, 4.69) is 51.6 Å². The van der Waals surface area contributed by atoms with Crippen LogP contribution in [0.4, 0.5) is 5.82 Å². The molecule has 0 saturated carbocycles. The second kappa shape index (κ2) is 7.19. The number of fused-ring (bicyclic) bond motifs is 2. The fraction of sp³-hybridized carbons (Fsp3) is 0.500. The maximum atomic E-state index is 4.64. The van der Waals surface area contributed by atoms with Crippen LogP contribution in [0.2, 0.25) is 0 Å². The van der Waals surface area contributed by atoms with Crippen molar-refractivity contribution in [2.24, 2.45) is 0 Å². The molecule has 1 fully saturated rings. The highest BCUT2D eigenvalue weighted by molar-refractivity contribution is 9.10. The number of anilines is 1. The molecule has 2 aliphatic heterocycles. The van der Waals surface area contributed by atoms with E-state index in [0.29, 0.717) is 5.92 Å². The summed E-state index contributed by atoms with van der Waals surface area (Å²) in [7, 11) is 0. The van der Waals surface area contributed by atoms with E-state index in [0.717, 1.165) is 53.7 Å². The van der Waals surface area contributed by atoms with Gasteiger partial charge >= 0.3 is 0 Å². The van der Waals surface area contributed by atoms with Gasteiger partial charge in [0, 0.05) is 41.8 Å². The Bertz CT molecular complexity index is 968. The molecule has 6 nitrogen and oxygen atoms in total. The Morgan fingerprint density at radius 3 is 2.93 bits per heavy atom. The summed E-state index contributed by atoms with van der Waals surface area (Å²) in [6.07, 6.45) is 8.82. The summed E-state index contributed by atoms with van der Waals surface area (Å²) in [5.74, 6) is 3.80. The average Bonchev–Trinajstić information content (AvgIpc) is 2.96. The van der Waals surface area contributed by atoms with E-state index in [1.807, 2.05) is 12.1 Å². The number of nitrogens with zero attached hydrogens (tertiary/aromatic N) is 6. The van der Waals surface area contributed by atoms with Gasteiger partial charge in [-0.25, -0.2) is 9.97 Å². The molecule has 0 bridgehead atoms. The second-order valence-corrected chi connectivity index (χ2v) is 8.50. The SMILES string of the molecule is Brc1ccc2ncnc(N3CCCC(c4nnc5n4CCCCC5)C3)c2c1. The zero-order valence-corrected chi connectivity index (χ0v) is 16.9. The summed E-state index contributed by atoms with van der Waals surface area (Å²) >= 11 is 3.59. The van der Waals surface area contributed by atoms with Gasteiger partial charge in [0.15, 0.2) is 0 Å². The van der Waals surface area contributed by atoms with Crippen molar-refractivity contribution in [1.29, 1.82) is 0 Å². The van der Waals surface area contributed by atoms with E-state index in [9.17, 15) is 0 Å². The summed E-state index contributed by atoms with van der Waals surface area (Å²) < 4.78 is 3.46. The fourth-order valence-electron chi connectivity index (χ4n) is 4.46. The molecule has 1 unspecified atom stereocenters. The maximum absolute atomic E-state index is 4.64. The first-order chi connectivity index (χ1) is 13.3. The number of aromatic nitrogens is 5. The summed E-state index contributed by atoms with van der Waals surface area (Å²) in [4.78, 5) is 11.5. The van der Waals surface area contributed by atoms with Crippen molar-refractivity contribution in [2.45, 2.75) is 51.0 Å². The monoisotopic (exact) mass is 426 g/mol. The van der Waals surface area contributed by atoms with Crippen LogP contribution in [0, 0.1) is 0 Å². The summed E-state index contributed by atoms with van der Waals surface area (Å²) in [6.45, 7) is 3.03. The lowest BCUT2D eigenvalue weighted by molar-refractivity contribution is 0.464. The predicted octanol–water partition coefficient (Wildman–Crippen LogP) is 4.09. The Kier molecular flexibility index (Phi) is 4.55. The number of aryl methyl sites for hydroxylation is 1. The molecule has 1 atom stereocenters.